The number of rotatable bonds is 2. The summed E-state index contributed by atoms with van der Waals surface area (Å²) in [6.07, 6.45) is 3.38. The molecule has 1 aromatic carbocycles. The number of hydrogen-bond acceptors (Lipinski definition) is 3. The molecule has 0 radical (unpaired) electrons. The summed E-state index contributed by atoms with van der Waals surface area (Å²) < 4.78 is 1.76. The Morgan fingerprint density at radius 2 is 2.19 bits per heavy atom. The predicted octanol–water partition coefficient (Wildman–Crippen LogP) is 1.58. The highest BCUT2D eigenvalue weighted by atomic mass is 16.4. The van der Waals surface area contributed by atoms with E-state index in [4.69, 9.17) is 5.11 Å². The number of nitrogens with zero attached hydrogens (tertiary/aromatic N) is 2. The minimum Gasteiger partial charge on any atom is -0.507 e. The first kappa shape index (κ1) is 10.2. The number of aryl methyl sites for hydroxylation is 1. The number of carboxylic acids is 1. The first-order valence-electron chi connectivity index (χ1n) is 4.66. The van der Waals surface area contributed by atoms with Crippen LogP contribution in [0, 0.1) is 6.92 Å². The average molecular weight is 218 g/mol. The van der Waals surface area contributed by atoms with Gasteiger partial charge < -0.3 is 14.8 Å². The number of carbonyl (C=O) groups is 1. The first-order chi connectivity index (χ1) is 7.59. The molecule has 5 nitrogen and oxygen atoms in total. The lowest BCUT2D eigenvalue weighted by molar-refractivity contribution is 0.0694. The highest BCUT2D eigenvalue weighted by Gasteiger charge is 2.10. The minimum atomic E-state index is -1.15. The van der Waals surface area contributed by atoms with Crippen molar-refractivity contribution < 1.29 is 15.0 Å². The van der Waals surface area contributed by atoms with Gasteiger partial charge in [0.25, 0.3) is 0 Å². The number of imidazole rings is 1. The number of phenols is 1. The molecule has 0 aliphatic carbocycles. The number of aromatic hydroxyl groups is 1. The molecule has 2 rings (SSSR count). The second-order valence-electron chi connectivity index (χ2n) is 3.35. The molecular formula is C11H10N2O3. The van der Waals surface area contributed by atoms with Crippen molar-refractivity contribution in [3.8, 4) is 11.4 Å². The van der Waals surface area contributed by atoms with Crippen LogP contribution in [0.4, 0.5) is 0 Å². The maximum atomic E-state index is 10.7. The molecule has 2 N–H and O–H groups in total. The molecule has 1 heterocycles. The summed E-state index contributed by atoms with van der Waals surface area (Å²) in [6, 6.07) is 4.39. The molecule has 0 saturated carbocycles. The van der Waals surface area contributed by atoms with Crippen LogP contribution in [0.5, 0.6) is 5.75 Å². The Kier molecular flexibility index (Phi) is 2.36. The van der Waals surface area contributed by atoms with Crippen LogP contribution in [0.2, 0.25) is 0 Å². The Bertz CT molecular complexity index is 546. The summed E-state index contributed by atoms with van der Waals surface area (Å²) in [4.78, 5) is 14.8. The van der Waals surface area contributed by atoms with Crippen LogP contribution in [0.1, 0.15) is 16.2 Å². The first-order valence-corrected chi connectivity index (χ1v) is 4.66. The normalized spacial score (nSPS) is 10.3. The van der Waals surface area contributed by atoms with E-state index in [-0.39, 0.29) is 11.3 Å². The van der Waals surface area contributed by atoms with E-state index in [1.807, 2.05) is 6.92 Å². The van der Waals surface area contributed by atoms with Crippen molar-refractivity contribution in [3.05, 3.63) is 42.0 Å². The molecular weight excluding hydrogens is 208 g/mol. The van der Waals surface area contributed by atoms with Crippen LogP contribution < -0.4 is 0 Å². The summed E-state index contributed by atoms with van der Waals surface area (Å²) >= 11 is 0. The number of aromatic carboxylic acids is 1. The molecule has 0 saturated heterocycles. The molecule has 1 aromatic heterocycles. The molecule has 82 valence electrons. The molecule has 5 heteroatoms. The van der Waals surface area contributed by atoms with Gasteiger partial charge >= 0.3 is 5.97 Å². The maximum Gasteiger partial charge on any atom is 0.339 e. The molecule has 0 fully saturated rings. The van der Waals surface area contributed by atoms with E-state index in [1.54, 1.807) is 23.0 Å². The fraction of sp³-hybridized carbons (Fsp3) is 0.0909. The molecule has 0 amide bonds. The molecule has 0 aliphatic heterocycles. The van der Waals surface area contributed by atoms with E-state index < -0.39 is 5.97 Å². The molecule has 0 bridgehead atoms. The van der Waals surface area contributed by atoms with Crippen molar-refractivity contribution in [1.29, 1.82) is 0 Å². The van der Waals surface area contributed by atoms with E-state index in [2.05, 4.69) is 4.98 Å². The number of benzene rings is 1. The summed E-state index contributed by atoms with van der Waals surface area (Å²) in [7, 11) is 0. The predicted molar refractivity (Wildman–Crippen MR) is 56.9 cm³/mol. The van der Waals surface area contributed by atoms with Crippen molar-refractivity contribution >= 4 is 5.97 Å². The van der Waals surface area contributed by atoms with Gasteiger partial charge in [0.2, 0.25) is 0 Å². The zero-order valence-corrected chi connectivity index (χ0v) is 8.58. The van der Waals surface area contributed by atoms with Crippen molar-refractivity contribution in [2.45, 2.75) is 6.92 Å². The maximum absolute atomic E-state index is 10.7. The largest absolute Gasteiger partial charge is 0.507 e. The van der Waals surface area contributed by atoms with Crippen LogP contribution >= 0.6 is 0 Å². The van der Waals surface area contributed by atoms with Gasteiger partial charge in [-0.25, -0.2) is 9.78 Å². The second kappa shape index (κ2) is 3.69. The van der Waals surface area contributed by atoms with Crippen LogP contribution in [0.25, 0.3) is 5.69 Å². The summed E-state index contributed by atoms with van der Waals surface area (Å²) in [5.74, 6) is -0.632. The third-order valence-corrected chi connectivity index (χ3v) is 2.32. The monoisotopic (exact) mass is 218 g/mol. The fourth-order valence-electron chi connectivity index (χ4n) is 1.50. The topological polar surface area (TPSA) is 75.4 Å². The average Bonchev–Trinajstić information content (AvgIpc) is 2.63. The molecule has 2 aromatic rings. The lowest BCUT2D eigenvalue weighted by Crippen LogP contribution is -2.00. The van der Waals surface area contributed by atoms with E-state index in [9.17, 15) is 9.90 Å². The van der Waals surface area contributed by atoms with Gasteiger partial charge in [-0.15, -0.1) is 0 Å². The van der Waals surface area contributed by atoms with Gasteiger partial charge in [-0.1, -0.05) is 0 Å². The summed E-state index contributed by atoms with van der Waals surface area (Å²) in [5, 5.41) is 18.3. The van der Waals surface area contributed by atoms with Gasteiger partial charge in [-0.3, -0.25) is 0 Å². The second-order valence-corrected chi connectivity index (χ2v) is 3.35. The Balaban J connectivity index is 2.50. The van der Waals surface area contributed by atoms with E-state index >= 15 is 0 Å². The van der Waals surface area contributed by atoms with Crippen LogP contribution in [0.15, 0.2) is 30.6 Å². The molecule has 0 atom stereocenters. The van der Waals surface area contributed by atoms with Gasteiger partial charge in [0, 0.05) is 18.5 Å². The Morgan fingerprint density at radius 3 is 2.69 bits per heavy atom. The minimum absolute atomic E-state index is 0.110. The Labute approximate surface area is 91.6 Å². The van der Waals surface area contributed by atoms with Crippen molar-refractivity contribution in [2.24, 2.45) is 0 Å². The SMILES string of the molecule is Cc1nccn1-c1ccc(C(=O)O)c(O)c1. The number of carboxylic acid groups (broad SMARTS) is 1. The van der Waals surface area contributed by atoms with Crippen LogP contribution in [0.3, 0.4) is 0 Å². The Morgan fingerprint density at radius 1 is 1.44 bits per heavy atom. The van der Waals surface area contributed by atoms with Gasteiger partial charge in [-0.05, 0) is 19.1 Å². The quantitative estimate of drug-likeness (QED) is 0.802. The smallest absolute Gasteiger partial charge is 0.339 e. The molecule has 0 spiro atoms. The number of aromatic nitrogens is 2. The Hall–Kier alpha value is -2.30. The summed E-state index contributed by atoms with van der Waals surface area (Å²) in [5.41, 5.74) is 0.569. The molecule has 16 heavy (non-hydrogen) atoms. The molecule has 0 unspecified atom stereocenters. The third kappa shape index (κ3) is 1.63. The van der Waals surface area contributed by atoms with Gasteiger partial charge in [0.15, 0.2) is 0 Å². The summed E-state index contributed by atoms with van der Waals surface area (Å²) in [6.45, 7) is 1.82. The fourth-order valence-corrected chi connectivity index (χ4v) is 1.50. The van der Waals surface area contributed by atoms with E-state index in [0.29, 0.717) is 5.69 Å². The molecule has 0 aliphatic rings. The van der Waals surface area contributed by atoms with Crippen molar-refractivity contribution in [3.63, 3.8) is 0 Å². The zero-order chi connectivity index (χ0) is 11.7. The van der Waals surface area contributed by atoms with Crippen LogP contribution in [-0.2, 0) is 0 Å². The standard InChI is InChI=1S/C11H10N2O3/c1-7-12-4-5-13(7)8-2-3-9(11(15)16)10(14)6-8/h2-6,14H,1H3,(H,15,16). The van der Waals surface area contributed by atoms with Crippen molar-refractivity contribution in [2.75, 3.05) is 0 Å². The van der Waals surface area contributed by atoms with Crippen LogP contribution in [-0.4, -0.2) is 25.7 Å². The zero-order valence-electron chi connectivity index (χ0n) is 8.58. The van der Waals surface area contributed by atoms with Gasteiger partial charge in [0.1, 0.15) is 17.1 Å². The highest BCUT2D eigenvalue weighted by molar-refractivity contribution is 5.91. The van der Waals surface area contributed by atoms with Crippen molar-refractivity contribution in [1.82, 2.24) is 9.55 Å². The lowest BCUT2D eigenvalue weighted by atomic mass is 10.2. The number of hydrogen-bond donors (Lipinski definition) is 2. The lowest BCUT2D eigenvalue weighted by Gasteiger charge is -2.06. The van der Waals surface area contributed by atoms with E-state index in [1.165, 1.54) is 12.1 Å². The third-order valence-electron chi connectivity index (χ3n) is 2.32. The van der Waals surface area contributed by atoms with E-state index in [0.717, 1.165) is 5.82 Å². The van der Waals surface area contributed by atoms with Gasteiger partial charge in [0.05, 0.1) is 5.69 Å². The highest BCUT2D eigenvalue weighted by Crippen LogP contribution is 2.21. The van der Waals surface area contributed by atoms with Gasteiger partial charge in [-0.2, -0.15) is 0 Å².